The standard InChI is InChI=1S/C20H14BrFN4O3/c1-9(2)17-16-15(13-6-12(22)3-4-14(13)24-17)19(28)26(20(16)29)25-18(27)10-5-11(21)8-23-7-10/h3-9H,1-2H3,(H,25,27). The van der Waals surface area contributed by atoms with Gasteiger partial charge in [-0.3, -0.25) is 29.8 Å². The Morgan fingerprint density at radius 3 is 2.55 bits per heavy atom. The van der Waals surface area contributed by atoms with E-state index in [9.17, 15) is 18.8 Å². The predicted octanol–water partition coefficient (Wildman–Crippen LogP) is 3.60. The Labute approximate surface area is 173 Å². The number of amides is 3. The van der Waals surface area contributed by atoms with Gasteiger partial charge >= 0.3 is 0 Å². The lowest BCUT2D eigenvalue weighted by Gasteiger charge is -2.15. The molecule has 1 aliphatic rings. The molecule has 0 saturated heterocycles. The molecule has 0 fully saturated rings. The molecule has 1 aliphatic heterocycles. The summed E-state index contributed by atoms with van der Waals surface area (Å²) in [5.74, 6) is -2.84. The van der Waals surface area contributed by atoms with E-state index in [0.717, 1.165) is 0 Å². The summed E-state index contributed by atoms with van der Waals surface area (Å²) in [5, 5.41) is 0.870. The Bertz CT molecular complexity index is 1210. The average molecular weight is 457 g/mol. The molecular weight excluding hydrogens is 443 g/mol. The number of carbonyl (C=O) groups excluding carboxylic acids is 3. The highest BCUT2D eigenvalue weighted by Crippen LogP contribution is 2.34. The SMILES string of the molecule is CC(C)c1nc2ccc(F)cc2c2c1C(=O)N(NC(=O)c1cncc(Br)c1)C2=O. The van der Waals surface area contributed by atoms with Gasteiger partial charge in [0.05, 0.1) is 27.9 Å². The number of rotatable bonds is 3. The number of hydrogen-bond acceptors (Lipinski definition) is 5. The number of pyridine rings is 2. The number of benzene rings is 1. The smallest absolute Gasteiger partial charge is 0.267 e. The molecule has 7 nitrogen and oxygen atoms in total. The van der Waals surface area contributed by atoms with Crippen LogP contribution in [-0.4, -0.2) is 32.7 Å². The zero-order chi connectivity index (χ0) is 20.9. The second kappa shape index (κ2) is 7.00. The molecule has 4 rings (SSSR count). The number of hydrogen-bond donors (Lipinski definition) is 1. The van der Waals surface area contributed by atoms with Gasteiger partial charge in [-0.1, -0.05) is 13.8 Å². The van der Waals surface area contributed by atoms with Crippen LogP contribution in [0.5, 0.6) is 0 Å². The zero-order valence-electron chi connectivity index (χ0n) is 15.4. The molecule has 1 aromatic carbocycles. The number of nitrogens with zero attached hydrogens (tertiary/aromatic N) is 3. The van der Waals surface area contributed by atoms with Gasteiger partial charge < -0.3 is 0 Å². The van der Waals surface area contributed by atoms with Crippen LogP contribution < -0.4 is 5.43 Å². The van der Waals surface area contributed by atoms with E-state index in [1.54, 1.807) is 0 Å². The van der Waals surface area contributed by atoms with Gasteiger partial charge in [0.15, 0.2) is 0 Å². The molecule has 0 spiro atoms. The Morgan fingerprint density at radius 1 is 1.14 bits per heavy atom. The van der Waals surface area contributed by atoms with Gasteiger partial charge in [-0.15, -0.1) is 0 Å². The minimum Gasteiger partial charge on any atom is -0.267 e. The summed E-state index contributed by atoms with van der Waals surface area (Å²) in [6, 6.07) is 5.38. The second-order valence-electron chi connectivity index (χ2n) is 6.84. The van der Waals surface area contributed by atoms with Crippen LogP contribution in [-0.2, 0) is 0 Å². The molecule has 1 N–H and O–H groups in total. The van der Waals surface area contributed by atoms with Crippen molar-refractivity contribution in [3.8, 4) is 0 Å². The van der Waals surface area contributed by atoms with Gasteiger partial charge in [0, 0.05) is 22.3 Å². The average Bonchev–Trinajstić information content (AvgIpc) is 2.92. The van der Waals surface area contributed by atoms with E-state index in [0.29, 0.717) is 20.7 Å². The molecule has 0 unspecified atom stereocenters. The Morgan fingerprint density at radius 2 is 1.86 bits per heavy atom. The van der Waals surface area contributed by atoms with Crippen molar-refractivity contribution in [3.05, 3.63) is 69.3 Å². The highest BCUT2D eigenvalue weighted by atomic mass is 79.9. The fourth-order valence-electron chi connectivity index (χ4n) is 3.23. The first-order valence-corrected chi connectivity index (χ1v) is 9.50. The quantitative estimate of drug-likeness (QED) is 0.607. The van der Waals surface area contributed by atoms with Crippen molar-refractivity contribution in [1.29, 1.82) is 0 Å². The maximum atomic E-state index is 13.8. The van der Waals surface area contributed by atoms with Gasteiger partial charge in [-0.2, -0.15) is 5.01 Å². The van der Waals surface area contributed by atoms with Crippen LogP contribution in [0.3, 0.4) is 0 Å². The lowest BCUT2D eigenvalue weighted by Crippen LogP contribution is -2.46. The number of nitrogens with one attached hydrogen (secondary N) is 1. The van der Waals surface area contributed by atoms with Crippen LogP contribution in [0.2, 0.25) is 0 Å². The van der Waals surface area contributed by atoms with E-state index in [-0.39, 0.29) is 28.0 Å². The van der Waals surface area contributed by atoms with Gasteiger partial charge in [0.2, 0.25) is 0 Å². The third kappa shape index (κ3) is 3.17. The molecule has 0 saturated carbocycles. The summed E-state index contributed by atoms with van der Waals surface area (Å²) in [5.41, 5.74) is 3.42. The minimum atomic E-state index is -0.735. The highest BCUT2D eigenvalue weighted by molar-refractivity contribution is 9.10. The van der Waals surface area contributed by atoms with Gasteiger partial charge in [-0.05, 0) is 46.1 Å². The number of fused-ring (bicyclic) bond motifs is 3. The molecule has 0 aliphatic carbocycles. The second-order valence-corrected chi connectivity index (χ2v) is 7.76. The summed E-state index contributed by atoms with van der Waals surface area (Å²) in [7, 11) is 0. The minimum absolute atomic E-state index is 0.0378. The molecule has 0 radical (unpaired) electrons. The van der Waals surface area contributed by atoms with Crippen LogP contribution >= 0.6 is 15.9 Å². The Kier molecular flexibility index (Phi) is 4.62. The van der Waals surface area contributed by atoms with E-state index in [4.69, 9.17) is 0 Å². The summed E-state index contributed by atoms with van der Waals surface area (Å²) in [4.78, 5) is 47.0. The third-order valence-corrected chi connectivity index (χ3v) is 4.97. The van der Waals surface area contributed by atoms with E-state index in [1.807, 2.05) is 13.8 Å². The fraction of sp³-hybridized carbons (Fsp3) is 0.150. The summed E-state index contributed by atoms with van der Waals surface area (Å²) in [6.07, 6.45) is 2.81. The van der Waals surface area contributed by atoms with Crippen LogP contribution in [0.25, 0.3) is 10.9 Å². The monoisotopic (exact) mass is 456 g/mol. The van der Waals surface area contributed by atoms with Crippen molar-refractivity contribution in [3.63, 3.8) is 0 Å². The molecule has 3 heterocycles. The van der Waals surface area contributed by atoms with Gasteiger partial charge in [-0.25, -0.2) is 4.39 Å². The molecule has 0 bridgehead atoms. The molecular formula is C20H14BrFN4O3. The summed E-state index contributed by atoms with van der Waals surface area (Å²) in [6.45, 7) is 3.67. The van der Waals surface area contributed by atoms with E-state index < -0.39 is 23.5 Å². The molecule has 3 amide bonds. The van der Waals surface area contributed by atoms with E-state index in [1.165, 1.54) is 36.7 Å². The topological polar surface area (TPSA) is 92.3 Å². The maximum absolute atomic E-state index is 13.8. The molecule has 9 heteroatoms. The normalized spacial score (nSPS) is 13.3. The lowest BCUT2D eigenvalue weighted by atomic mass is 9.97. The first kappa shape index (κ1) is 19.1. The molecule has 146 valence electrons. The fourth-order valence-corrected chi connectivity index (χ4v) is 3.60. The summed E-state index contributed by atoms with van der Waals surface area (Å²) < 4.78 is 14.4. The van der Waals surface area contributed by atoms with Gasteiger partial charge in [0.25, 0.3) is 17.7 Å². The van der Waals surface area contributed by atoms with Crippen molar-refractivity contribution in [2.45, 2.75) is 19.8 Å². The van der Waals surface area contributed by atoms with Crippen molar-refractivity contribution >= 4 is 44.6 Å². The lowest BCUT2D eigenvalue weighted by molar-refractivity contribution is 0.0518. The molecule has 29 heavy (non-hydrogen) atoms. The van der Waals surface area contributed by atoms with Crippen LogP contribution in [0.15, 0.2) is 41.1 Å². The van der Waals surface area contributed by atoms with Crippen molar-refractivity contribution < 1.29 is 18.8 Å². The van der Waals surface area contributed by atoms with Crippen molar-refractivity contribution in [2.75, 3.05) is 0 Å². The number of imide groups is 1. The first-order chi connectivity index (χ1) is 13.8. The Hall–Kier alpha value is -3.20. The largest absolute Gasteiger partial charge is 0.282 e. The highest BCUT2D eigenvalue weighted by Gasteiger charge is 2.41. The number of hydrazine groups is 1. The first-order valence-electron chi connectivity index (χ1n) is 8.71. The van der Waals surface area contributed by atoms with E-state index in [2.05, 4.69) is 31.3 Å². The Balaban J connectivity index is 1.82. The van der Waals surface area contributed by atoms with E-state index >= 15 is 0 Å². The number of halogens is 2. The third-order valence-electron chi connectivity index (χ3n) is 4.54. The number of carbonyl (C=O) groups is 3. The van der Waals surface area contributed by atoms with Crippen LogP contribution in [0.4, 0.5) is 4.39 Å². The van der Waals surface area contributed by atoms with Gasteiger partial charge in [0.1, 0.15) is 5.82 Å². The molecule has 0 atom stereocenters. The van der Waals surface area contributed by atoms with Crippen LogP contribution in [0, 0.1) is 5.82 Å². The number of aromatic nitrogens is 2. The summed E-state index contributed by atoms with van der Waals surface area (Å²) >= 11 is 3.22. The molecule has 2 aromatic heterocycles. The predicted molar refractivity (Wildman–Crippen MR) is 106 cm³/mol. The van der Waals surface area contributed by atoms with Crippen LogP contribution in [0.1, 0.15) is 56.5 Å². The maximum Gasteiger partial charge on any atom is 0.282 e. The van der Waals surface area contributed by atoms with Crippen molar-refractivity contribution in [1.82, 2.24) is 20.4 Å². The molecule has 3 aromatic rings. The zero-order valence-corrected chi connectivity index (χ0v) is 16.9. The van der Waals surface area contributed by atoms with Crippen molar-refractivity contribution in [2.24, 2.45) is 0 Å².